The number of hydrogen-bond acceptors (Lipinski definition) is 2. The van der Waals surface area contributed by atoms with Crippen LogP contribution >= 0.6 is 0 Å². The summed E-state index contributed by atoms with van der Waals surface area (Å²) in [5.74, 6) is 0.476. The van der Waals surface area contributed by atoms with E-state index in [9.17, 15) is 0 Å². The lowest BCUT2D eigenvalue weighted by molar-refractivity contribution is 0.842. The molecule has 0 aliphatic rings. The maximum atomic E-state index is 5.32. The minimum absolute atomic E-state index is 0.297. The summed E-state index contributed by atoms with van der Waals surface area (Å²) in [7, 11) is 1.64. The Morgan fingerprint density at radius 1 is 1.56 bits per heavy atom. The van der Waals surface area contributed by atoms with Crippen molar-refractivity contribution in [1.29, 1.82) is 0 Å². The van der Waals surface area contributed by atoms with Crippen molar-refractivity contribution in [3.63, 3.8) is 0 Å². The molecule has 0 aromatic heterocycles. The van der Waals surface area contributed by atoms with Crippen LogP contribution in [0, 0.1) is 0 Å². The van der Waals surface area contributed by atoms with Crippen molar-refractivity contribution < 1.29 is 0 Å². The lowest BCUT2D eigenvalue weighted by atomic mass is 10.4. The monoisotopic (exact) mass is 127 g/mol. The maximum Gasteiger partial charge on any atom is 0.136 e. The Hall–Kier alpha value is -0.860. The van der Waals surface area contributed by atoms with Crippen molar-refractivity contribution >= 4 is 12.1 Å². The van der Waals surface area contributed by atoms with Crippen LogP contribution in [0.4, 0.5) is 0 Å². The molecule has 0 rings (SSSR count). The van der Waals surface area contributed by atoms with Gasteiger partial charge in [-0.05, 0) is 13.8 Å². The van der Waals surface area contributed by atoms with Crippen LogP contribution in [0.25, 0.3) is 0 Å². The minimum Gasteiger partial charge on any atom is -0.383 e. The lowest BCUT2D eigenvalue weighted by Crippen LogP contribution is -2.13. The zero-order valence-corrected chi connectivity index (χ0v) is 6.13. The minimum atomic E-state index is 0.297. The van der Waals surface area contributed by atoms with Crippen molar-refractivity contribution in [3.05, 3.63) is 0 Å². The van der Waals surface area contributed by atoms with Gasteiger partial charge < -0.3 is 5.73 Å². The highest BCUT2D eigenvalue weighted by Crippen LogP contribution is 1.81. The second kappa shape index (κ2) is 4.06. The van der Waals surface area contributed by atoms with Gasteiger partial charge in [0.25, 0.3) is 0 Å². The predicted octanol–water partition coefficient (Wildman–Crippen LogP) is 0.453. The van der Waals surface area contributed by atoms with Gasteiger partial charge in [0.15, 0.2) is 0 Å². The fraction of sp³-hybridized carbons (Fsp3) is 0.667. The van der Waals surface area contributed by atoms with Crippen LogP contribution < -0.4 is 5.73 Å². The van der Waals surface area contributed by atoms with E-state index in [0.29, 0.717) is 11.9 Å². The molecular weight excluding hydrogens is 114 g/mol. The topological polar surface area (TPSA) is 50.7 Å². The van der Waals surface area contributed by atoms with Crippen LogP contribution in [-0.2, 0) is 0 Å². The molecule has 2 N–H and O–H groups in total. The molecule has 0 aromatic rings. The fourth-order valence-corrected chi connectivity index (χ4v) is 0.283. The van der Waals surface area contributed by atoms with E-state index < -0.39 is 0 Å². The van der Waals surface area contributed by atoms with E-state index in [1.807, 2.05) is 13.8 Å². The molecule has 0 radical (unpaired) electrons. The van der Waals surface area contributed by atoms with Gasteiger partial charge in [0.1, 0.15) is 5.84 Å². The Kier molecular flexibility index (Phi) is 3.67. The van der Waals surface area contributed by atoms with Gasteiger partial charge in [0.05, 0.1) is 6.21 Å². The van der Waals surface area contributed by atoms with Gasteiger partial charge in [-0.2, -0.15) is 0 Å². The van der Waals surface area contributed by atoms with Crippen LogP contribution in [0.3, 0.4) is 0 Å². The molecule has 0 heterocycles. The summed E-state index contributed by atoms with van der Waals surface area (Å²) in [5.41, 5.74) is 5.32. The van der Waals surface area contributed by atoms with Crippen LogP contribution in [0.5, 0.6) is 0 Å². The molecule has 0 aliphatic heterocycles. The van der Waals surface area contributed by atoms with Crippen molar-refractivity contribution in [2.24, 2.45) is 15.7 Å². The summed E-state index contributed by atoms with van der Waals surface area (Å²) >= 11 is 0. The normalized spacial score (nSPS) is 13.6. The summed E-state index contributed by atoms with van der Waals surface area (Å²) in [6, 6.07) is 0.297. The first-order valence-electron chi connectivity index (χ1n) is 2.92. The predicted molar refractivity (Wildman–Crippen MR) is 41.2 cm³/mol. The number of nitrogens with zero attached hydrogens (tertiary/aromatic N) is 2. The van der Waals surface area contributed by atoms with Gasteiger partial charge in [0.2, 0.25) is 0 Å². The second-order valence-electron chi connectivity index (χ2n) is 2.02. The average molecular weight is 127 g/mol. The fourth-order valence-electron chi connectivity index (χ4n) is 0.283. The number of aliphatic imine (C=N–C) groups is 2. The molecule has 52 valence electrons. The molecular formula is C6H13N3. The van der Waals surface area contributed by atoms with Crippen molar-refractivity contribution in [2.45, 2.75) is 19.9 Å². The Balaban J connectivity index is 3.71. The molecule has 0 bridgehead atoms. The van der Waals surface area contributed by atoms with Crippen molar-refractivity contribution in [3.8, 4) is 0 Å². The highest BCUT2D eigenvalue weighted by Gasteiger charge is 1.84. The maximum absolute atomic E-state index is 5.32. The zero-order valence-electron chi connectivity index (χ0n) is 6.13. The van der Waals surface area contributed by atoms with Gasteiger partial charge in [0, 0.05) is 13.1 Å². The van der Waals surface area contributed by atoms with Crippen LogP contribution in [0.1, 0.15) is 13.8 Å². The van der Waals surface area contributed by atoms with E-state index in [1.54, 1.807) is 13.3 Å². The van der Waals surface area contributed by atoms with Gasteiger partial charge in [-0.15, -0.1) is 0 Å². The molecule has 0 aliphatic carbocycles. The van der Waals surface area contributed by atoms with Crippen LogP contribution in [0.15, 0.2) is 9.98 Å². The molecule has 0 saturated carbocycles. The molecule has 9 heavy (non-hydrogen) atoms. The number of rotatable bonds is 2. The largest absolute Gasteiger partial charge is 0.383 e. The van der Waals surface area contributed by atoms with Crippen LogP contribution in [0.2, 0.25) is 0 Å². The smallest absolute Gasteiger partial charge is 0.136 e. The van der Waals surface area contributed by atoms with E-state index in [1.165, 1.54) is 0 Å². The summed E-state index contributed by atoms with van der Waals surface area (Å²) in [4.78, 5) is 7.72. The molecule has 0 spiro atoms. The van der Waals surface area contributed by atoms with Crippen molar-refractivity contribution in [1.82, 2.24) is 0 Å². The molecule has 0 atom stereocenters. The molecule has 3 heteroatoms. The Bertz CT molecular complexity index is 124. The number of nitrogens with two attached hydrogens (primary N) is 1. The lowest BCUT2D eigenvalue weighted by Gasteiger charge is -1.92. The average Bonchev–Trinajstić information content (AvgIpc) is 1.83. The zero-order chi connectivity index (χ0) is 7.28. The van der Waals surface area contributed by atoms with Gasteiger partial charge >= 0.3 is 0 Å². The van der Waals surface area contributed by atoms with E-state index >= 15 is 0 Å². The molecule has 0 unspecified atom stereocenters. The van der Waals surface area contributed by atoms with E-state index in [2.05, 4.69) is 9.98 Å². The van der Waals surface area contributed by atoms with Gasteiger partial charge in [-0.1, -0.05) is 0 Å². The SMILES string of the molecule is CN=C(N)C=NC(C)C. The summed E-state index contributed by atoms with van der Waals surface area (Å²) in [5, 5.41) is 0. The van der Waals surface area contributed by atoms with E-state index in [-0.39, 0.29) is 0 Å². The first kappa shape index (κ1) is 8.14. The van der Waals surface area contributed by atoms with E-state index in [0.717, 1.165) is 0 Å². The summed E-state index contributed by atoms with van der Waals surface area (Å²) < 4.78 is 0. The Labute approximate surface area is 55.7 Å². The summed E-state index contributed by atoms with van der Waals surface area (Å²) in [6.45, 7) is 3.97. The molecule has 0 fully saturated rings. The third kappa shape index (κ3) is 5.00. The summed E-state index contributed by atoms with van der Waals surface area (Å²) in [6.07, 6.45) is 1.57. The highest BCUT2D eigenvalue weighted by atomic mass is 14.9. The van der Waals surface area contributed by atoms with E-state index in [4.69, 9.17) is 5.73 Å². The highest BCUT2D eigenvalue weighted by molar-refractivity contribution is 6.28. The third-order valence-electron chi connectivity index (χ3n) is 0.763. The quantitative estimate of drug-likeness (QED) is 0.425. The number of hydrogen-bond donors (Lipinski definition) is 1. The number of amidine groups is 1. The standard InChI is InChI=1S/C6H13N3/c1-5(2)9-4-6(7)8-3/h4-5H,1-3H3,(H2,7,8). The molecule has 0 amide bonds. The Morgan fingerprint density at radius 2 is 2.11 bits per heavy atom. The molecule has 0 aromatic carbocycles. The first-order valence-corrected chi connectivity index (χ1v) is 2.92. The third-order valence-corrected chi connectivity index (χ3v) is 0.763. The Morgan fingerprint density at radius 3 is 2.44 bits per heavy atom. The van der Waals surface area contributed by atoms with Crippen LogP contribution in [-0.4, -0.2) is 25.1 Å². The first-order chi connectivity index (χ1) is 4.16. The van der Waals surface area contributed by atoms with Gasteiger partial charge in [-0.25, -0.2) is 0 Å². The van der Waals surface area contributed by atoms with Gasteiger partial charge in [-0.3, -0.25) is 9.98 Å². The second-order valence-corrected chi connectivity index (χ2v) is 2.02. The molecule has 3 nitrogen and oxygen atoms in total. The van der Waals surface area contributed by atoms with Crippen molar-refractivity contribution in [2.75, 3.05) is 7.05 Å². The molecule has 0 saturated heterocycles.